The van der Waals surface area contributed by atoms with Crippen LogP contribution in [0.15, 0.2) is 29.0 Å². The van der Waals surface area contributed by atoms with Crippen molar-refractivity contribution >= 4 is 5.69 Å². The summed E-state index contributed by atoms with van der Waals surface area (Å²) in [7, 11) is 1.93. The van der Waals surface area contributed by atoms with Gasteiger partial charge in [0.2, 0.25) is 0 Å². The fourth-order valence-corrected chi connectivity index (χ4v) is 1.86. The standard InChI is InChI=1S/C14H19N3O2/c1-10(2)14-15-7-13(12(9-18)16-14)17(3)8-11-5-4-6-19-11/h4-7,10,18H,8-9H2,1-3H3. The van der Waals surface area contributed by atoms with Gasteiger partial charge in [0, 0.05) is 13.0 Å². The average Bonchev–Trinajstić information content (AvgIpc) is 2.90. The first-order chi connectivity index (χ1) is 9.11. The van der Waals surface area contributed by atoms with Crippen LogP contribution in [-0.4, -0.2) is 22.1 Å². The lowest BCUT2D eigenvalue weighted by Crippen LogP contribution is -2.19. The zero-order chi connectivity index (χ0) is 13.8. The highest BCUT2D eigenvalue weighted by atomic mass is 16.3. The lowest BCUT2D eigenvalue weighted by Gasteiger charge is -2.20. The third kappa shape index (κ3) is 3.12. The molecule has 5 heteroatoms. The van der Waals surface area contributed by atoms with Crippen molar-refractivity contribution in [2.45, 2.75) is 32.9 Å². The largest absolute Gasteiger partial charge is 0.467 e. The number of furan rings is 1. The minimum atomic E-state index is -0.0972. The van der Waals surface area contributed by atoms with Crippen molar-refractivity contribution in [3.8, 4) is 0 Å². The van der Waals surface area contributed by atoms with E-state index in [1.807, 2.05) is 37.9 Å². The summed E-state index contributed by atoms with van der Waals surface area (Å²) in [4.78, 5) is 10.7. The molecule has 5 nitrogen and oxygen atoms in total. The van der Waals surface area contributed by atoms with Gasteiger partial charge in [-0.15, -0.1) is 0 Å². The molecular formula is C14H19N3O2. The third-order valence-corrected chi connectivity index (χ3v) is 2.91. The van der Waals surface area contributed by atoms with E-state index in [0.717, 1.165) is 17.3 Å². The highest BCUT2D eigenvalue weighted by Crippen LogP contribution is 2.21. The van der Waals surface area contributed by atoms with Crippen molar-refractivity contribution in [3.63, 3.8) is 0 Å². The highest BCUT2D eigenvalue weighted by molar-refractivity contribution is 5.48. The molecule has 0 spiro atoms. The number of aliphatic hydroxyl groups is 1. The van der Waals surface area contributed by atoms with Gasteiger partial charge in [0.1, 0.15) is 11.6 Å². The maximum absolute atomic E-state index is 9.46. The van der Waals surface area contributed by atoms with Crippen LogP contribution in [0, 0.1) is 0 Å². The SMILES string of the molecule is CC(C)c1ncc(N(C)Cc2ccco2)c(CO)n1. The molecule has 1 N–H and O–H groups in total. The molecule has 0 bridgehead atoms. The number of rotatable bonds is 5. The maximum Gasteiger partial charge on any atom is 0.131 e. The Balaban J connectivity index is 2.23. The molecule has 0 atom stereocenters. The molecule has 19 heavy (non-hydrogen) atoms. The number of nitrogens with zero attached hydrogens (tertiary/aromatic N) is 3. The predicted octanol–water partition coefficient (Wildman–Crippen LogP) is 2.32. The predicted molar refractivity (Wildman–Crippen MR) is 72.9 cm³/mol. The Morgan fingerprint density at radius 2 is 2.21 bits per heavy atom. The minimum absolute atomic E-state index is 0.0972. The third-order valence-electron chi connectivity index (χ3n) is 2.91. The topological polar surface area (TPSA) is 62.4 Å². The summed E-state index contributed by atoms with van der Waals surface area (Å²) in [5, 5.41) is 9.46. The lowest BCUT2D eigenvalue weighted by atomic mass is 10.2. The first-order valence-electron chi connectivity index (χ1n) is 6.32. The van der Waals surface area contributed by atoms with Gasteiger partial charge in [-0.05, 0) is 12.1 Å². The number of hydrogen-bond acceptors (Lipinski definition) is 5. The smallest absolute Gasteiger partial charge is 0.131 e. The van der Waals surface area contributed by atoms with E-state index in [9.17, 15) is 5.11 Å². The van der Waals surface area contributed by atoms with Gasteiger partial charge in [0.15, 0.2) is 0 Å². The molecule has 2 heterocycles. The van der Waals surface area contributed by atoms with Crippen molar-refractivity contribution in [2.24, 2.45) is 0 Å². The van der Waals surface area contributed by atoms with Gasteiger partial charge in [-0.25, -0.2) is 9.97 Å². The molecule has 0 saturated heterocycles. The number of aliphatic hydroxyl groups excluding tert-OH is 1. The summed E-state index contributed by atoms with van der Waals surface area (Å²) in [5.41, 5.74) is 1.47. The first-order valence-corrected chi connectivity index (χ1v) is 6.32. The molecular weight excluding hydrogens is 242 g/mol. The Labute approximate surface area is 112 Å². The van der Waals surface area contributed by atoms with E-state index in [1.165, 1.54) is 0 Å². The van der Waals surface area contributed by atoms with Crippen LogP contribution in [-0.2, 0) is 13.2 Å². The van der Waals surface area contributed by atoms with Gasteiger partial charge in [-0.3, -0.25) is 0 Å². The Hall–Kier alpha value is -1.88. The lowest BCUT2D eigenvalue weighted by molar-refractivity contribution is 0.276. The van der Waals surface area contributed by atoms with Crippen LogP contribution >= 0.6 is 0 Å². The summed E-state index contributed by atoms with van der Waals surface area (Å²) < 4.78 is 5.32. The molecule has 0 unspecified atom stereocenters. The summed E-state index contributed by atoms with van der Waals surface area (Å²) in [6.07, 6.45) is 3.41. The van der Waals surface area contributed by atoms with Crippen LogP contribution in [0.1, 0.15) is 37.0 Å². The van der Waals surface area contributed by atoms with Gasteiger partial charge in [0.05, 0.1) is 37.0 Å². The van der Waals surface area contributed by atoms with Crippen molar-refractivity contribution in [3.05, 3.63) is 41.9 Å². The van der Waals surface area contributed by atoms with Crippen LogP contribution < -0.4 is 4.90 Å². The molecule has 0 amide bonds. The van der Waals surface area contributed by atoms with Crippen LogP contribution in [0.5, 0.6) is 0 Å². The Bertz CT molecular complexity index is 523. The average molecular weight is 261 g/mol. The van der Waals surface area contributed by atoms with E-state index in [0.29, 0.717) is 12.2 Å². The van der Waals surface area contributed by atoms with Crippen molar-refractivity contribution in [1.82, 2.24) is 9.97 Å². The summed E-state index contributed by atoms with van der Waals surface area (Å²) in [5.74, 6) is 1.85. The quantitative estimate of drug-likeness (QED) is 0.895. The summed E-state index contributed by atoms with van der Waals surface area (Å²) >= 11 is 0. The number of aromatic nitrogens is 2. The second-order valence-corrected chi connectivity index (χ2v) is 4.81. The maximum atomic E-state index is 9.46. The van der Waals surface area contributed by atoms with E-state index in [1.54, 1.807) is 12.5 Å². The van der Waals surface area contributed by atoms with Crippen molar-refractivity contribution < 1.29 is 9.52 Å². The summed E-state index contributed by atoms with van der Waals surface area (Å²) in [6, 6.07) is 3.77. The molecule has 2 aromatic rings. The number of hydrogen-bond donors (Lipinski definition) is 1. The van der Waals surface area contributed by atoms with Crippen molar-refractivity contribution in [2.75, 3.05) is 11.9 Å². The zero-order valence-electron chi connectivity index (χ0n) is 11.5. The van der Waals surface area contributed by atoms with Gasteiger partial charge in [0.25, 0.3) is 0 Å². The molecule has 2 aromatic heterocycles. The van der Waals surface area contributed by atoms with Crippen LogP contribution in [0.4, 0.5) is 5.69 Å². The highest BCUT2D eigenvalue weighted by Gasteiger charge is 2.13. The van der Waals surface area contributed by atoms with Crippen LogP contribution in [0.3, 0.4) is 0 Å². The summed E-state index contributed by atoms with van der Waals surface area (Å²) in [6.45, 7) is 4.58. The first kappa shape index (κ1) is 13.5. The second kappa shape index (κ2) is 5.84. The Kier molecular flexibility index (Phi) is 4.16. The molecule has 0 aromatic carbocycles. The fourth-order valence-electron chi connectivity index (χ4n) is 1.86. The number of anilines is 1. The van der Waals surface area contributed by atoms with Crippen LogP contribution in [0.2, 0.25) is 0 Å². The molecule has 2 rings (SSSR count). The Morgan fingerprint density at radius 1 is 1.42 bits per heavy atom. The minimum Gasteiger partial charge on any atom is -0.467 e. The molecule has 0 saturated carbocycles. The molecule has 0 fully saturated rings. The molecule has 0 aliphatic rings. The van der Waals surface area contributed by atoms with Crippen LogP contribution in [0.25, 0.3) is 0 Å². The van der Waals surface area contributed by atoms with E-state index in [2.05, 4.69) is 9.97 Å². The van der Waals surface area contributed by atoms with Crippen molar-refractivity contribution in [1.29, 1.82) is 0 Å². The zero-order valence-corrected chi connectivity index (χ0v) is 11.5. The van der Waals surface area contributed by atoms with E-state index < -0.39 is 0 Å². The van der Waals surface area contributed by atoms with E-state index >= 15 is 0 Å². The second-order valence-electron chi connectivity index (χ2n) is 4.81. The van der Waals surface area contributed by atoms with E-state index in [-0.39, 0.29) is 12.5 Å². The molecule has 0 aliphatic heterocycles. The van der Waals surface area contributed by atoms with Gasteiger partial charge in [-0.2, -0.15) is 0 Å². The Morgan fingerprint density at radius 3 is 2.79 bits per heavy atom. The molecule has 0 aliphatic carbocycles. The molecule has 102 valence electrons. The fraction of sp³-hybridized carbons (Fsp3) is 0.429. The molecule has 0 radical (unpaired) electrons. The monoisotopic (exact) mass is 261 g/mol. The van der Waals surface area contributed by atoms with Gasteiger partial charge in [-0.1, -0.05) is 13.8 Å². The normalized spacial score (nSPS) is 11.0. The van der Waals surface area contributed by atoms with Gasteiger partial charge >= 0.3 is 0 Å². The van der Waals surface area contributed by atoms with Gasteiger partial charge < -0.3 is 14.4 Å². The van der Waals surface area contributed by atoms with E-state index in [4.69, 9.17) is 4.42 Å².